The normalized spacial score (nSPS) is 19.9. The zero-order valence-corrected chi connectivity index (χ0v) is 12.1. The topological polar surface area (TPSA) is 29.5 Å². The van der Waals surface area contributed by atoms with E-state index in [2.05, 4.69) is 0 Å². The Balaban J connectivity index is 2.37. The third kappa shape index (κ3) is 2.72. The number of hydrogen-bond donors (Lipinski definition) is 1. The number of halogens is 2. The van der Waals surface area contributed by atoms with Gasteiger partial charge in [-0.25, -0.2) is 8.78 Å². The maximum Gasteiger partial charge on any atom is 0.164 e. The zero-order chi connectivity index (χ0) is 14.8. The largest absolute Gasteiger partial charge is 0.385 e. The van der Waals surface area contributed by atoms with Crippen LogP contribution in [0.2, 0.25) is 0 Å². The summed E-state index contributed by atoms with van der Waals surface area (Å²) in [7, 11) is 0. The molecule has 1 aliphatic rings. The van der Waals surface area contributed by atoms with Crippen molar-refractivity contribution in [2.24, 2.45) is 0 Å². The summed E-state index contributed by atoms with van der Waals surface area (Å²) in [4.78, 5) is 0. The Bertz CT molecular complexity index is 462. The van der Waals surface area contributed by atoms with E-state index in [9.17, 15) is 13.9 Å². The smallest absolute Gasteiger partial charge is 0.164 e. The van der Waals surface area contributed by atoms with Crippen LogP contribution in [0.1, 0.15) is 56.3 Å². The molecule has 0 heterocycles. The fourth-order valence-corrected chi connectivity index (χ4v) is 3.09. The van der Waals surface area contributed by atoms with Crippen LogP contribution in [0.4, 0.5) is 8.78 Å². The molecule has 0 radical (unpaired) electrons. The predicted molar refractivity (Wildman–Crippen MR) is 73.5 cm³/mol. The highest BCUT2D eigenvalue weighted by Crippen LogP contribution is 2.42. The van der Waals surface area contributed by atoms with Gasteiger partial charge in [-0.15, -0.1) is 0 Å². The van der Waals surface area contributed by atoms with Crippen LogP contribution in [-0.4, -0.2) is 17.3 Å². The number of hydrogen-bond acceptors (Lipinski definition) is 2. The van der Waals surface area contributed by atoms with Gasteiger partial charge in [0.05, 0.1) is 5.60 Å². The molecule has 1 atom stereocenters. The highest BCUT2D eigenvalue weighted by molar-refractivity contribution is 5.29. The minimum Gasteiger partial charge on any atom is -0.385 e. The van der Waals surface area contributed by atoms with Crippen molar-refractivity contribution in [2.45, 2.75) is 57.7 Å². The molecule has 0 aliphatic heterocycles. The molecular weight excluding hydrogens is 262 g/mol. The van der Waals surface area contributed by atoms with E-state index >= 15 is 0 Å². The Kier molecular flexibility index (Phi) is 4.76. The van der Waals surface area contributed by atoms with E-state index in [-0.39, 0.29) is 11.1 Å². The van der Waals surface area contributed by atoms with Gasteiger partial charge in [-0.1, -0.05) is 31.4 Å². The minimum atomic E-state index is -1.13. The highest BCUT2D eigenvalue weighted by atomic mass is 19.2. The lowest BCUT2D eigenvalue weighted by Gasteiger charge is -2.41. The van der Waals surface area contributed by atoms with E-state index in [0.717, 1.165) is 19.3 Å². The van der Waals surface area contributed by atoms with Gasteiger partial charge in [-0.3, -0.25) is 0 Å². The quantitative estimate of drug-likeness (QED) is 0.904. The molecule has 2 nitrogen and oxygen atoms in total. The minimum absolute atomic E-state index is 0.00319. The van der Waals surface area contributed by atoms with Gasteiger partial charge in [0.2, 0.25) is 0 Å². The van der Waals surface area contributed by atoms with Gasteiger partial charge in [0.1, 0.15) is 6.10 Å². The molecular formula is C16H22F2O2. The van der Waals surface area contributed by atoms with Crippen molar-refractivity contribution in [3.63, 3.8) is 0 Å². The second-order valence-corrected chi connectivity index (χ2v) is 5.56. The first kappa shape index (κ1) is 15.4. The summed E-state index contributed by atoms with van der Waals surface area (Å²) in [5.74, 6) is -1.84. The van der Waals surface area contributed by atoms with Crippen LogP contribution < -0.4 is 0 Å². The van der Waals surface area contributed by atoms with Gasteiger partial charge >= 0.3 is 0 Å². The molecule has 1 unspecified atom stereocenters. The standard InChI is InChI=1S/C16H22F2O2/c1-3-20-16(9-5-4-6-10-16)15(19)12-8-7-11(2)13(17)14(12)18/h7-8,15,19H,3-6,9-10H2,1-2H3. The summed E-state index contributed by atoms with van der Waals surface area (Å²) < 4.78 is 33.6. The summed E-state index contributed by atoms with van der Waals surface area (Å²) in [6.45, 7) is 3.82. The Morgan fingerprint density at radius 1 is 1.20 bits per heavy atom. The summed E-state index contributed by atoms with van der Waals surface area (Å²) in [5.41, 5.74) is -0.536. The van der Waals surface area contributed by atoms with Gasteiger partial charge in [-0.05, 0) is 32.3 Å². The molecule has 20 heavy (non-hydrogen) atoms. The maximum atomic E-state index is 14.1. The Morgan fingerprint density at radius 2 is 1.85 bits per heavy atom. The van der Waals surface area contributed by atoms with Crippen LogP contribution in [0.5, 0.6) is 0 Å². The van der Waals surface area contributed by atoms with Gasteiger partial charge < -0.3 is 9.84 Å². The molecule has 1 saturated carbocycles. The molecule has 0 saturated heterocycles. The Morgan fingerprint density at radius 3 is 2.45 bits per heavy atom. The van der Waals surface area contributed by atoms with Crippen LogP contribution in [0.15, 0.2) is 12.1 Å². The first-order valence-electron chi connectivity index (χ1n) is 7.28. The van der Waals surface area contributed by atoms with E-state index in [0.29, 0.717) is 19.4 Å². The highest BCUT2D eigenvalue weighted by Gasteiger charge is 2.42. The van der Waals surface area contributed by atoms with E-state index in [1.54, 1.807) is 0 Å². The summed E-state index contributed by atoms with van der Waals surface area (Å²) in [6.07, 6.45) is 3.19. The fraction of sp³-hybridized carbons (Fsp3) is 0.625. The number of aliphatic hydroxyl groups is 1. The number of aryl methyl sites for hydroxylation is 1. The number of rotatable bonds is 4. The van der Waals surface area contributed by atoms with Gasteiger partial charge in [-0.2, -0.15) is 0 Å². The lowest BCUT2D eigenvalue weighted by molar-refractivity contribution is -0.142. The third-order valence-electron chi connectivity index (χ3n) is 4.23. The first-order chi connectivity index (χ1) is 9.52. The molecule has 1 N–H and O–H groups in total. The van der Waals surface area contributed by atoms with Crippen molar-refractivity contribution in [1.29, 1.82) is 0 Å². The van der Waals surface area contributed by atoms with Crippen molar-refractivity contribution < 1.29 is 18.6 Å². The van der Waals surface area contributed by atoms with Gasteiger partial charge in [0.25, 0.3) is 0 Å². The van der Waals surface area contributed by atoms with Crippen LogP contribution in [0.25, 0.3) is 0 Å². The van der Waals surface area contributed by atoms with Crippen LogP contribution in [0.3, 0.4) is 0 Å². The summed E-state index contributed by atoms with van der Waals surface area (Å²) in [6, 6.07) is 2.97. The van der Waals surface area contributed by atoms with Crippen molar-refractivity contribution in [2.75, 3.05) is 6.61 Å². The molecule has 1 aromatic rings. The van der Waals surface area contributed by atoms with Crippen LogP contribution >= 0.6 is 0 Å². The van der Waals surface area contributed by atoms with Crippen LogP contribution in [0, 0.1) is 18.6 Å². The predicted octanol–water partition coefficient (Wildman–Crippen LogP) is 4.05. The SMILES string of the molecule is CCOC1(C(O)c2ccc(C)c(F)c2F)CCCCC1. The lowest BCUT2D eigenvalue weighted by Crippen LogP contribution is -2.42. The van der Waals surface area contributed by atoms with Crippen molar-refractivity contribution in [3.05, 3.63) is 34.9 Å². The number of aliphatic hydroxyl groups excluding tert-OH is 1. The lowest BCUT2D eigenvalue weighted by atomic mass is 9.78. The van der Waals surface area contributed by atoms with E-state index in [1.165, 1.54) is 19.1 Å². The number of ether oxygens (including phenoxy) is 1. The van der Waals surface area contributed by atoms with Crippen LogP contribution in [-0.2, 0) is 4.74 Å². The van der Waals surface area contributed by atoms with Crippen molar-refractivity contribution >= 4 is 0 Å². The second-order valence-electron chi connectivity index (χ2n) is 5.56. The van der Waals surface area contributed by atoms with Gasteiger partial charge in [0, 0.05) is 12.2 Å². The Hall–Kier alpha value is -1.00. The summed E-state index contributed by atoms with van der Waals surface area (Å²) >= 11 is 0. The molecule has 2 rings (SSSR count). The zero-order valence-electron chi connectivity index (χ0n) is 12.1. The monoisotopic (exact) mass is 284 g/mol. The maximum absolute atomic E-state index is 14.1. The third-order valence-corrected chi connectivity index (χ3v) is 4.23. The first-order valence-corrected chi connectivity index (χ1v) is 7.28. The fourth-order valence-electron chi connectivity index (χ4n) is 3.09. The molecule has 1 aliphatic carbocycles. The molecule has 112 valence electrons. The van der Waals surface area contributed by atoms with Crippen molar-refractivity contribution in [1.82, 2.24) is 0 Å². The average Bonchev–Trinajstić information content (AvgIpc) is 2.46. The van der Waals surface area contributed by atoms with Crippen molar-refractivity contribution in [3.8, 4) is 0 Å². The molecule has 4 heteroatoms. The number of benzene rings is 1. The average molecular weight is 284 g/mol. The summed E-state index contributed by atoms with van der Waals surface area (Å²) in [5, 5.41) is 10.6. The molecule has 0 aromatic heterocycles. The molecule has 1 fully saturated rings. The Labute approximate surface area is 118 Å². The van der Waals surface area contributed by atoms with E-state index in [4.69, 9.17) is 4.74 Å². The second kappa shape index (κ2) is 6.19. The molecule has 0 bridgehead atoms. The van der Waals surface area contributed by atoms with E-state index in [1.807, 2.05) is 6.92 Å². The molecule has 0 amide bonds. The molecule has 1 aromatic carbocycles. The van der Waals surface area contributed by atoms with Gasteiger partial charge in [0.15, 0.2) is 11.6 Å². The van der Waals surface area contributed by atoms with E-state index < -0.39 is 23.3 Å². The molecule has 0 spiro atoms.